The predicted octanol–water partition coefficient (Wildman–Crippen LogP) is 8.31. The average molecular weight is 838 g/mol. The first-order chi connectivity index (χ1) is 19.9. The summed E-state index contributed by atoms with van der Waals surface area (Å²) in [7, 11) is 0. The Morgan fingerprint density at radius 3 is 1.49 bits per heavy atom. The minimum atomic E-state index is -0.862. The fourth-order valence-corrected chi connectivity index (χ4v) is 5.02. The third-order valence-electron chi connectivity index (χ3n) is 6.40. The van der Waals surface area contributed by atoms with Crippen LogP contribution in [0, 0.1) is 3.57 Å². The van der Waals surface area contributed by atoms with Gasteiger partial charge in [0.1, 0.15) is 17.0 Å². The van der Waals surface area contributed by atoms with Crippen LogP contribution in [0.1, 0.15) is 72.8 Å². The van der Waals surface area contributed by atoms with E-state index in [2.05, 4.69) is 66.6 Å². The number of carbonyl (C=O) groups is 3. The van der Waals surface area contributed by atoms with Crippen molar-refractivity contribution in [3.8, 4) is 0 Å². The van der Waals surface area contributed by atoms with Crippen LogP contribution < -0.4 is 0 Å². The molecule has 2 saturated heterocycles. The molecule has 238 valence electrons. The van der Waals surface area contributed by atoms with Gasteiger partial charge in [-0.25, -0.2) is 9.59 Å². The van der Waals surface area contributed by atoms with Gasteiger partial charge in [-0.15, -0.1) is 0 Å². The Hall–Kier alpha value is -1.70. The van der Waals surface area contributed by atoms with E-state index in [0.29, 0.717) is 51.9 Å². The third-order valence-corrected chi connectivity index (χ3v) is 8.18. The molecule has 0 spiro atoms. The van der Waals surface area contributed by atoms with E-state index in [-0.39, 0.29) is 18.0 Å². The molecule has 8 nitrogen and oxygen atoms in total. The molecule has 0 aliphatic carbocycles. The first-order valence-electron chi connectivity index (χ1n) is 14.2. The number of hydrogen-bond acceptors (Lipinski definition) is 6. The number of amides is 2. The lowest BCUT2D eigenvalue weighted by Crippen LogP contribution is -2.46. The highest BCUT2D eigenvalue weighted by Crippen LogP contribution is 2.33. The molecule has 2 fully saturated rings. The van der Waals surface area contributed by atoms with Gasteiger partial charge in [0, 0.05) is 51.5 Å². The number of halogens is 3. The Morgan fingerprint density at radius 1 is 0.744 bits per heavy atom. The fraction of sp³-hybridized carbons (Fsp3) is 0.531. The van der Waals surface area contributed by atoms with Crippen LogP contribution in [0.3, 0.4) is 0 Å². The highest BCUT2D eigenvalue weighted by Gasteiger charge is 2.36. The summed E-state index contributed by atoms with van der Waals surface area (Å²) in [6.45, 7) is 13.1. The Balaban J connectivity index is 0.000000251. The number of aliphatic hydroxyl groups is 1. The number of piperidine rings is 2. The van der Waals surface area contributed by atoms with Crippen LogP contribution in [0.15, 0.2) is 57.5 Å². The van der Waals surface area contributed by atoms with Gasteiger partial charge in [0.05, 0.1) is 5.60 Å². The zero-order chi connectivity index (χ0) is 32.4. The SMILES string of the molecule is Brc1ccc(I)cc1.CC(C)(C)OC(=O)N1CCC(=O)CC1.CC(C)(C)OC(=O)N1CCC(O)(c2ccc(Br)cc2)CC1. The fourth-order valence-electron chi connectivity index (χ4n) is 4.13. The van der Waals surface area contributed by atoms with E-state index in [1.165, 1.54) is 3.57 Å². The molecule has 2 aromatic rings. The zero-order valence-electron chi connectivity index (χ0n) is 25.8. The molecule has 1 N–H and O–H groups in total. The lowest BCUT2D eigenvalue weighted by molar-refractivity contribution is -0.121. The van der Waals surface area contributed by atoms with Gasteiger partial charge in [0.25, 0.3) is 0 Å². The van der Waals surface area contributed by atoms with Crippen molar-refractivity contribution < 1.29 is 29.0 Å². The van der Waals surface area contributed by atoms with Crippen LogP contribution in [-0.2, 0) is 19.9 Å². The summed E-state index contributed by atoms with van der Waals surface area (Å²) in [5.74, 6) is 0.227. The number of benzene rings is 2. The molecule has 4 rings (SSSR count). The zero-order valence-corrected chi connectivity index (χ0v) is 31.1. The van der Waals surface area contributed by atoms with E-state index in [1.807, 2.05) is 77.9 Å². The average Bonchev–Trinajstić information content (AvgIpc) is 2.90. The molecule has 0 radical (unpaired) electrons. The summed E-state index contributed by atoms with van der Waals surface area (Å²) in [6, 6.07) is 15.9. The number of hydrogen-bond donors (Lipinski definition) is 1. The number of ether oxygens (including phenoxy) is 2. The molecule has 2 aliphatic heterocycles. The third kappa shape index (κ3) is 14.3. The summed E-state index contributed by atoms with van der Waals surface area (Å²) < 4.78 is 13.9. The number of carbonyl (C=O) groups excluding carboxylic acids is 3. The van der Waals surface area contributed by atoms with E-state index in [4.69, 9.17) is 9.47 Å². The maximum absolute atomic E-state index is 12.0. The maximum atomic E-state index is 12.0. The highest BCUT2D eigenvalue weighted by molar-refractivity contribution is 14.1. The molecule has 0 saturated carbocycles. The molecule has 43 heavy (non-hydrogen) atoms. The van der Waals surface area contributed by atoms with Crippen molar-refractivity contribution >= 4 is 72.4 Å². The molecule has 11 heteroatoms. The van der Waals surface area contributed by atoms with Gasteiger partial charge in [-0.3, -0.25) is 4.79 Å². The van der Waals surface area contributed by atoms with Gasteiger partial charge < -0.3 is 24.4 Å². The molecule has 2 amide bonds. The van der Waals surface area contributed by atoms with Crippen molar-refractivity contribution in [3.63, 3.8) is 0 Å². The van der Waals surface area contributed by atoms with Gasteiger partial charge in [-0.05, 0) is 119 Å². The van der Waals surface area contributed by atoms with Crippen LogP contribution in [0.5, 0.6) is 0 Å². The number of rotatable bonds is 1. The molecular weight excluding hydrogens is 795 g/mol. The second-order valence-electron chi connectivity index (χ2n) is 12.4. The van der Waals surface area contributed by atoms with Crippen LogP contribution in [0.25, 0.3) is 0 Å². The second-order valence-corrected chi connectivity index (χ2v) is 15.5. The Bertz CT molecular complexity index is 1170. The Morgan fingerprint density at radius 2 is 1.12 bits per heavy atom. The van der Waals surface area contributed by atoms with Gasteiger partial charge in [0.15, 0.2) is 0 Å². The van der Waals surface area contributed by atoms with Crippen molar-refractivity contribution in [2.45, 2.75) is 84.0 Å². The quantitative estimate of drug-likeness (QED) is 0.291. The van der Waals surface area contributed by atoms with E-state index in [1.54, 1.807) is 9.80 Å². The maximum Gasteiger partial charge on any atom is 0.410 e. The molecule has 0 atom stereocenters. The summed E-state index contributed by atoms with van der Waals surface area (Å²) in [4.78, 5) is 37.7. The summed E-state index contributed by atoms with van der Waals surface area (Å²) in [5.41, 5.74) is -0.913. The topological polar surface area (TPSA) is 96.4 Å². The molecular formula is C32H43Br2IN2O6. The highest BCUT2D eigenvalue weighted by atomic mass is 127. The normalized spacial score (nSPS) is 16.7. The van der Waals surface area contributed by atoms with E-state index >= 15 is 0 Å². The van der Waals surface area contributed by atoms with Crippen molar-refractivity contribution in [3.05, 3.63) is 66.6 Å². The van der Waals surface area contributed by atoms with Crippen LogP contribution >= 0.6 is 54.5 Å². The Kier molecular flexibility index (Phi) is 14.4. The molecule has 2 heterocycles. The van der Waals surface area contributed by atoms with Crippen molar-refractivity contribution in [1.29, 1.82) is 0 Å². The first kappa shape index (κ1) is 37.5. The lowest BCUT2D eigenvalue weighted by atomic mass is 9.84. The monoisotopic (exact) mass is 836 g/mol. The number of ketones is 1. The van der Waals surface area contributed by atoms with Crippen molar-refractivity contribution in [2.24, 2.45) is 0 Å². The number of nitrogens with zero attached hydrogens (tertiary/aromatic N) is 2. The summed E-state index contributed by atoms with van der Waals surface area (Å²) in [5, 5.41) is 10.8. The van der Waals surface area contributed by atoms with Crippen LogP contribution in [0.2, 0.25) is 0 Å². The largest absolute Gasteiger partial charge is 0.444 e. The smallest absolute Gasteiger partial charge is 0.410 e. The van der Waals surface area contributed by atoms with Crippen LogP contribution in [0.4, 0.5) is 9.59 Å². The summed E-state index contributed by atoms with van der Waals surface area (Å²) in [6.07, 6.45) is 1.34. The van der Waals surface area contributed by atoms with E-state index in [9.17, 15) is 19.5 Å². The van der Waals surface area contributed by atoms with Crippen molar-refractivity contribution in [1.82, 2.24) is 9.80 Å². The molecule has 0 unspecified atom stereocenters. The van der Waals surface area contributed by atoms with E-state index in [0.717, 1.165) is 14.5 Å². The predicted molar refractivity (Wildman–Crippen MR) is 184 cm³/mol. The van der Waals surface area contributed by atoms with Crippen molar-refractivity contribution in [2.75, 3.05) is 26.2 Å². The molecule has 2 aromatic carbocycles. The van der Waals surface area contributed by atoms with E-state index < -0.39 is 16.8 Å². The molecule has 2 aliphatic rings. The first-order valence-corrected chi connectivity index (χ1v) is 16.9. The summed E-state index contributed by atoms with van der Waals surface area (Å²) >= 11 is 9.01. The minimum absolute atomic E-state index is 0.227. The lowest BCUT2D eigenvalue weighted by Gasteiger charge is -2.38. The minimum Gasteiger partial charge on any atom is -0.444 e. The Labute approximate surface area is 286 Å². The standard InChI is InChI=1S/C16H22BrNO3.C10H17NO3.C6H4BrI/c1-15(2,3)21-14(19)18-10-8-16(20,9-11-18)12-4-6-13(17)7-5-12;1-10(2,3)14-9(13)11-6-4-8(12)5-7-11;7-5-1-3-6(8)4-2-5/h4-7,20H,8-11H2,1-3H3;4-7H2,1-3H3;1-4H. The van der Waals surface area contributed by atoms with Gasteiger partial charge in [0.2, 0.25) is 0 Å². The molecule has 0 bridgehead atoms. The van der Waals surface area contributed by atoms with Gasteiger partial charge in [-0.1, -0.05) is 44.0 Å². The number of likely N-dealkylation sites (tertiary alicyclic amines) is 2. The second kappa shape index (κ2) is 16.6. The molecule has 0 aromatic heterocycles. The number of Topliss-reactive ketones (excluding diaryl/α,β-unsaturated/α-hetero) is 1. The van der Waals surface area contributed by atoms with Crippen LogP contribution in [-0.4, -0.2) is 70.3 Å². The van der Waals surface area contributed by atoms with Gasteiger partial charge >= 0.3 is 12.2 Å². The van der Waals surface area contributed by atoms with Gasteiger partial charge in [-0.2, -0.15) is 0 Å².